The predicted molar refractivity (Wildman–Crippen MR) is 73.4 cm³/mol. The van der Waals surface area contributed by atoms with Crippen LogP contribution in [0.3, 0.4) is 0 Å². The zero-order valence-electron chi connectivity index (χ0n) is 10.9. The Kier molecular flexibility index (Phi) is 3.07. The average molecular weight is 256 g/mol. The highest BCUT2D eigenvalue weighted by Crippen LogP contribution is 2.38. The fourth-order valence-electron chi connectivity index (χ4n) is 2.83. The smallest absolute Gasteiger partial charge is 0.127 e. The molecule has 0 fully saturated rings. The van der Waals surface area contributed by atoms with E-state index in [1.165, 1.54) is 11.6 Å². The van der Waals surface area contributed by atoms with Gasteiger partial charge in [-0.3, -0.25) is 4.98 Å². The Morgan fingerprint density at radius 3 is 3.00 bits per heavy atom. The van der Waals surface area contributed by atoms with Gasteiger partial charge in [-0.25, -0.2) is 4.39 Å². The molecule has 2 aromatic rings. The monoisotopic (exact) mass is 256 g/mol. The standard InChI is InChI=1S/C16H17FN2/c1-10(18)12-5-7-15(17)14(9-12)13-6-4-11-3-2-8-19-16(11)13/h2-3,5,7-10,13H,4,6,18H2,1H3. The molecule has 0 saturated carbocycles. The first kappa shape index (κ1) is 12.3. The van der Waals surface area contributed by atoms with Gasteiger partial charge in [0.2, 0.25) is 0 Å². The molecule has 0 saturated heterocycles. The summed E-state index contributed by atoms with van der Waals surface area (Å²) >= 11 is 0. The van der Waals surface area contributed by atoms with Crippen LogP contribution in [0.4, 0.5) is 4.39 Å². The van der Waals surface area contributed by atoms with E-state index in [-0.39, 0.29) is 17.8 Å². The molecular formula is C16H17FN2. The topological polar surface area (TPSA) is 38.9 Å². The average Bonchev–Trinajstić information content (AvgIpc) is 2.83. The number of benzene rings is 1. The summed E-state index contributed by atoms with van der Waals surface area (Å²) in [6.45, 7) is 1.91. The number of halogens is 1. The Bertz CT molecular complexity index is 607. The zero-order valence-corrected chi connectivity index (χ0v) is 10.9. The van der Waals surface area contributed by atoms with Crippen LogP contribution in [-0.4, -0.2) is 4.98 Å². The number of nitrogens with two attached hydrogens (primary N) is 1. The summed E-state index contributed by atoms with van der Waals surface area (Å²) in [6, 6.07) is 9.12. The highest BCUT2D eigenvalue weighted by molar-refractivity contribution is 5.40. The molecule has 2 nitrogen and oxygen atoms in total. The van der Waals surface area contributed by atoms with Gasteiger partial charge in [0, 0.05) is 18.2 Å². The normalized spacial score (nSPS) is 19.2. The Morgan fingerprint density at radius 2 is 2.21 bits per heavy atom. The molecule has 98 valence electrons. The van der Waals surface area contributed by atoms with Crippen molar-refractivity contribution in [2.45, 2.75) is 31.7 Å². The molecular weight excluding hydrogens is 239 g/mol. The summed E-state index contributed by atoms with van der Waals surface area (Å²) in [6.07, 6.45) is 3.67. The van der Waals surface area contributed by atoms with Gasteiger partial charge in [-0.15, -0.1) is 0 Å². The number of rotatable bonds is 2. The van der Waals surface area contributed by atoms with Crippen molar-refractivity contribution in [2.24, 2.45) is 5.73 Å². The maximum atomic E-state index is 14.1. The second-order valence-electron chi connectivity index (χ2n) is 5.21. The van der Waals surface area contributed by atoms with E-state index in [1.807, 2.05) is 19.1 Å². The first-order valence-electron chi connectivity index (χ1n) is 6.65. The largest absolute Gasteiger partial charge is 0.324 e. The van der Waals surface area contributed by atoms with Crippen LogP contribution < -0.4 is 5.73 Å². The van der Waals surface area contributed by atoms with Crippen LogP contribution in [0.5, 0.6) is 0 Å². The summed E-state index contributed by atoms with van der Waals surface area (Å²) in [4.78, 5) is 4.43. The summed E-state index contributed by atoms with van der Waals surface area (Å²) in [7, 11) is 0. The minimum atomic E-state index is -0.159. The predicted octanol–water partition coefficient (Wildman–Crippen LogP) is 3.32. The molecule has 1 heterocycles. The molecule has 3 heteroatoms. The molecule has 0 amide bonds. The second-order valence-corrected chi connectivity index (χ2v) is 5.21. The van der Waals surface area contributed by atoms with E-state index < -0.39 is 0 Å². The lowest BCUT2D eigenvalue weighted by Gasteiger charge is -2.15. The van der Waals surface area contributed by atoms with Gasteiger partial charge in [-0.1, -0.05) is 18.2 Å². The number of aromatic nitrogens is 1. The molecule has 0 bridgehead atoms. The fourth-order valence-corrected chi connectivity index (χ4v) is 2.83. The Morgan fingerprint density at radius 1 is 1.37 bits per heavy atom. The molecule has 0 radical (unpaired) electrons. The van der Waals surface area contributed by atoms with Crippen molar-refractivity contribution in [3.63, 3.8) is 0 Å². The van der Waals surface area contributed by atoms with Gasteiger partial charge in [0.1, 0.15) is 5.82 Å². The van der Waals surface area contributed by atoms with E-state index >= 15 is 0 Å². The van der Waals surface area contributed by atoms with Crippen molar-refractivity contribution in [1.29, 1.82) is 0 Å². The summed E-state index contributed by atoms with van der Waals surface area (Å²) in [5, 5.41) is 0. The maximum absolute atomic E-state index is 14.1. The molecule has 19 heavy (non-hydrogen) atoms. The van der Waals surface area contributed by atoms with Crippen molar-refractivity contribution in [2.75, 3.05) is 0 Å². The Balaban J connectivity index is 2.06. The SMILES string of the molecule is CC(N)c1ccc(F)c(C2CCc3cccnc32)c1. The minimum absolute atomic E-state index is 0.0647. The molecule has 0 aliphatic heterocycles. The van der Waals surface area contributed by atoms with Gasteiger partial charge in [-0.05, 0) is 48.6 Å². The molecule has 1 aliphatic rings. The summed E-state index contributed by atoms with van der Waals surface area (Å²) in [5.41, 5.74) is 9.84. The van der Waals surface area contributed by atoms with Crippen LogP contribution >= 0.6 is 0 Å². The van der Waals surface area contributed by atoms with E-state index in [4.69, 9.17) is 5.73 Å². The number of fused-ring (bicyclic) bond motifs is 1. The molecule has 1 aromatic heterocycles. The number of hydrogen-bond donors (Lipinski definition) is 1. The van der Waals surface area contributed by atoms with Crippen LogP contribution in [0.1, 0.15) is 47.7 Å². The quantitative estimate of drug-likeness (QED) is 0.895. The van der Waals surface area contributed by atoms with E-state index in [9.17, 15) is 4.39 Å². The Labute approximate surface area is 112 Å². The molecule has 2 N–H and O–H groups in total. The molecule has 1 aromatic carbocycles. The summed E-state index contributed by atoms with van der Waals surface area (Å²) in [5.74, 6) is -0.0946. The molecule has 0 spiro atoms. The van der Waals surface area contributed by atoms with E-state index in [0.29, 0.717) is 0 Å². The highest BCUT2D eigenvalue weighted by Gasteiger charge is 2.27. The third-order valence-corrected chi connectivity index (χ3v) is 3.88. The van der Waals surface area contributed by atoms with Gasteiger partial charge in [-0.2, -0.15) is 0 Å². The third kappa shape index (κ3) is 2.15. The molecule has 1 aliphatic carbocycles. The van der Waals surface area contributed by atoms with Crippen molar-refractivity contribution >= 4 is 0 Å². The van der Waals surface area contributed by atoms with Gasteiger partial charge < -0.3 is 5.73 Å². The van der Waals surface area contributed by atoms with Gasteiger partial charge in [0.15, 0.2) is 0 Å². The lowest BCUT2D eigenvalue weighted by molar-refractivity contribution is 0.590. The van der Waals surface area contributed by atoms with Crippen molar-refractivity contribution in [3.8, 4) is 0 Å². The van der Waals surface area contributed by atoms with E-state index in [2.05, 4.69) is 11.1 Å². The van der Waals surface area contributed by atoms with Gasteiger partial charge in [0.25, 0.3) is 0 Å². The number of hydrogen-bond acceptors (Lipinski definition) is 2. The van der Waals surface area contributed by atoms with Crippen LogP contribution in [-0.2, 0) is 6.42 Å². The van der Waals surface area contributed by atoms with Crippen molar-refractivity contribution in [3.05, 3.63) is 64.7 Å². The molecule has 2 unspecified atom stereocenters. The highest BCUT2D eigenvalue weighted by atomic mass is 19.1. The zero-order chi connectivity index (χ0) is 13.4. The van der Waals surface area contributed by atoms with Crippen LogP contribution in [0.25, 0.3) is 0 Å². The number of nitrogens with zero attached hydrogens (tertiary/aromatic N) is 1. The number of aryl methyl sites for hydroxylation is 1. The first-order valence-corrected chi connectivity index (χ1v) is 6.65. The first-order chi connectivity index (χ1) is 9.16. The Hall–Kier alpha value is -1.74. The fraction of sp³-hybridized carbons (Fsp3) is 0.312. The van der Waals surface area contributed by atoms with E-state index in [1.54, 1.807) is 12.3 Å². The summed E-state index contributed by atoms with van der Waals surface area (Å²) < 4.78 is 14.1. The van der Waals surface area contributed by atoms with Crippen molar-refractivity contribution in [1.82, 2.24) is 4.98 Å². The van der Waals surface area contributed by atoms with Crippen LogP contribution in [0.15, 0.2) is 36.5 Å². The van der Waals surface area contributed by atoms with E-state index in [0.717, 1.165) is 29.7 Å². The molecule has 3 rings (SSSR count). The maximum Gasteiger partial charge on any atom is 0.127 e. The minimum Gasteiger partial charge on any atom is -0.324 e. The van der Waals surface area contributed by atoms with Gasteiger partial charge in [0.05, 0.1) is 5.69 Å². The second kappa shape index (κ2) is 4.74. The van der Waals surface area contributed by atoms with Gasteiger partial charge >= 0.3 is 0 Å². The lowest BCUT2D eigenvalue weighted by atomic mass is 9.93. The lowest BCUT2D eigenvalue weighted by Crippen LogP contribution is -2.08. The van der Waals surface area contributed by atoms with Crippen LogP contribution in [0.2, 0.25) is 0 Å². The third-order valence-electron chi connectivity index (χ3n) is 3.88. The molecule has 2 atom stereocenters. The van der Waals surface area contributed by atoms with Crippen molar-refractivity contribution < 1.29 is 4.39 Å². The number of pyridine rings is 1. The van der Waals surface area contributed by atoms with Crippen LogP contribution in [0, 0.1) is 5.82 Å².